The van der Waals surface area contributed by atoms with E-state index in [-0.39, 0.29) is 7.12 Å². The molecule has 0 amide bonds. The van der Waals surface area contributed by atoms with E-state index in [0.717, 1.165) is 61.0 Å². The highest BCUT2D eigenvalue weighted by atomic mass is 15.3. The number of fused-ring (bicyclic) bond motifs is 10. The Labute approximate surface area is 217 Å². The monoisotopic (exact) mass is 487 g/mol. The molecule has 0 saturated heterocycles. The maximum Gasteiger partial charge on any atom is 0.516 e. The molecule has 3 aliphatic heterocycles. The van der Waals surface area contributed by atoms with Crippen LogP contribution in [0.25, 0.3) is 21.5 Å². The molecule has 0 radical (unpaired) electrons. The Morgan fingerprint density at radius 1 is 0.474 bits per heavy atom. The standard InChI is InChI=1S/C30H18BN7/c1-2-10-18(11-3-1)36-31-37-27-21-14-6-8-16-23(21)29(37)35-30-24-17-9-7-15-22(24)28(38(30)31)34-26-20-13-5-4-12-19(20)25(32-26)33-27/h1-17,36H. The van der Waals surface area contributed by atoms with Crippen LogP contribution in [0, 0.1) is 0 Å². The van der Waals surface area contributed by atoms with E-state index in [1.54, 1.807) is 0 Å². The summed E-state index contributed by atoms with van der Waals surface area (Å²) in [6, 6.07) is 35.1. The fourth-order valence-electron chi connectivity index (χ4n) is 5.88. The van der Waals surface area contributed by atoms with Crippen LogP contribution in [0.2, 0.25) is 0 Å². The summed E-state index contributed by atoms with van der Waals surface area (Å²) in [5.41, 5.74) is 4.65. The smallest absolute Gasteiger partial charge is 0.389 e. The molecular weight excluding hydrogens is 469 g/mol. The van der Waals surface area contributed by atoms with E-state index in [4.69, 9.17) is 20.0 Å². The number of hydrogen-bond acceptors (Lipinski definition) is 5. The van der Waals surface area contributed by atoms with Crippen molar-refractivity contribution in [3.63, 3.8) is 0 Å². The van der Waals surface area contributed by atoms with E-state index in [2.05, 4.69) is 87.0 Å². The van der Waals surface area contributed by atoms with Gasteiger partial charge in [-0.25, -0.2) is 20.0 Å². The lowest BCUT2D eigenvalue weighted by molar-refractivity contribution is 0.918. The number of nitrogens with zero attached hydrogens (tertiary/aromatic N) is 6. The second-order valence-corrected chi connectivity index (χ2v) is 9.65. The summed E-state index contributed by atoms with van der Waals surface area (Å²) in [6.07, 6.45) is 0. The molecule has 176 valence electrons. The fourth-order valence-corrected chi connectivity index (χ4v) is 5.88. The Kier molecular flexibility index (Phi) is 3.75. The average molecular weight is 487 g/mol. The van der Waals surface area contributed by atoms with E-state index in [9.17, 15) is 0 Å². The van der Waals surface area contributed by atoms with Gasteiger partial charge in [-0.1, -0.05) is 91.0 Å². The third kappa shape index (κ3) is 2.53. The Hall–Kier alpha value is -5.24. The zero-order chi connectivity index (χ0) is 24.8. The molecule has 0 spiro atoms. The third-order valence-electron chi connectivity index (χ3n) is 7.55. The molecule has 5 heterocycles. The van der Waals surface area contributed by atoms with Crippen LogP contribution in [0.5, 0.6) is 0 Å². The van der Waals surface area contributed by atoms with Crippen LogP contribution in [0.4, 0.5) is 17.3 Å². The van der Waals surface area contributed by atoms with Crippen molar-refractivity contribution < 1.29 is 0 Å². The van der Waals surface area contributed by atoms with Gasteiger partial charge in [-0.2, -0.15) is 0 Å². The first-order chi connectivity index (χ1) is 18.8. The summed E-state index contributed by atoms with van der Waals surface area (Å²) in [4.78, 5) is 20.7. The fraction of sp³-hybridized carbons (Fsp3) is 0. The lowest BCUT2D eigenvalue weighted by Gasteiger charge is -2.24. The first kappa shape index (κ1) is 19.9. The Morgan fingerprint density at radius 2 is 1.00 bits per heavy atom. The van der Waals surface area contributed by atoms with Gasteiger partial charge in [-0.05, 0) is 12.1 Å². The molecule has 38 heavy (non-hydrogen) atoms. The number of benzene rings is 4. The molecule has 2 aromatic heterocycles. The molecule has 0 atom stereocenters. The van der Waals surface area contributed by atoms with Crippen LogP contribution in [-0.4, -0.2) is 27.7 Å². The number of anilines is 1. The Morgan fingerprint density at radius 3 is 1.68 bits per heavy atom. The second kappa shape index (κ2) is 7.17. The maximum atomic E-state index is 5.29. The van der Waals surface area contributed by atoms with Crippen LogP contribution in [0.1, 0.15) is 11.1 Å². The van der Waals surface area contributed by atoms with E-state index in [0.29, 0.717) is 11.7 Å². The molecule has 9 rings (SSSR count). The minimum atomic E-state index is -0.348. The number of amidine groups is 2. The number of rotatable bonds is 2. The maximum absolute atomic E-state index is 5.29. The van der Waals surface area contributed by atoms with Crippen molar-refractivity contribution in [2.75, 3.05) is 5.23 Å². The van der Waals surface area contributed by atoms with Crippen molar-refractivity contribution >= 4 is 57.7 Å². The number of aliphatic imine (C=N–C) groups is 2. The van der Waals surface area contributed by atoms with Gasteiger partial charge in [0.2, 0.25) is 0 Å². The van der Waals surface area contributed by atoms with Crippen molar-refractivity contribution in [1.82, 2.24) is 8.96 Å². The van der Waals surface area contributed by atoms with E-state index >= 15 is 0 Å². The summed E-state index contributed by atoms with van der Waals surface area (Å²) in [5.74, 6) is 3.02. The number of aromatic nitrogens is 2. The Bertz CT molecular complexity index is 2170. The van der Waals surface area contributed by atoms with Crippen molar-refractivity contribution in [3.8, 4) is 0 Å². The van der Waals surface area contributed by atoms with Crippen molar-refractivity contribution in [2.24, 2.45) is 20.0 Å². The quantitative estimate of drug-likeness (QED) is 0.350. The molecule has 4 bridgehead atoms. The van der Waals surface area contributed by atoms with Gasteiger partial charge in [0, 0.05) is 38.4 Å². The van der Waals surface area contributed by atoms with Gasteiger partial charge in [0.25, 0.3) is 0 Å². The van der Waals surface area contributed by atoms with Gasteiger partial charge in [0.15, 0.2) is 11.7 Å². The molecule has 0 fully saturated rings. The minimum Gasteiger partial charge on any atom is -0.389 e. The summed E-state index contributed by atoms with van der Waals surface area (Å²) in [6.45, 7) is 0. The second-order valence-electron chi connectivity index (χ2n) is 9.65. The summed E-state index contributed by atoms with van der Waals surface area (Å²) in [5, 5.41) is 7.96. The number of nitrogens with one attached hydrogen (secondary N) is 1. The lowest BCUT2D eigenvalue weighted by atomic mass is 9.90. The predicted octanol–water partition coefficient (Wildman–Crippen LogP) is 4.83. The van der Waals surface area contributed by atoms with Crippen LogP contribution in [0.15, 0.2) is 123 Å². The van der Waals surface area contributed by atoms with E-state index < -0.39 is 0 Å². The van der Waals surface area contributed by atoms with Gasteiger partial charge in [0.05, 0.1) is 0 Å². The average Bonchev–Trinajstić information content (AvgIpc) is 3.59. The first-order valence-corrected chi connectivity index (χ1v) is 12.6. The zero-order valence-corrected chi connectivity index (χ0v) is 20.1. The minimum absolute atomic E-state index is 0.348. The van der Waals surface area contributed by atoms with E-state index in [1.807, 2.05) is 30.3 Å². The third-order valence-corrected chi connectivity index (χ3v) is 7.55. The molecule has 4 aromatic carbocycles. The molecule has 6 aromatic rings. The molecule has 0 saturated carbocycles. The molecule has 7 nitrogen and oxygen atoms in total. The van der Waals surface area contributed by atoms with Gasteiger partial charge >= 0.3 is 7.12 Å². The number of hydrogen-bond donors (Lipinski definition) is 1. The zero-order valence-electron chi connectivity index (χ0n) is 20.1. The summed E-state index contributed by atoms with van der Waals surface area (Å²) < 4.78 is 4.38. The van der Waals surface area contributed by atoms with Crippen molar-refractivity contribution in [3.05, 3.63) is 125 Å². The summed E-state index contributed by atoms with van der Waals surface area (Å²) >= 11 is 0. The van der Waals surface area contributed by atoms with Gasteiger partial charge in [-0.3, -0.25) is 0 Å². The highest BCUT2D eigenvalue weighted by Gasteiger charge is 2.37. The highest BCUT2D eigenvalue weighted by Crippen LogP contribution is 2.40. The normalized spacial score (nSPS) is 14.5. The van der Waals surface area contributed by atoms with Crippen LogP contribution >= 0.6 is 0 Å². The van der Waals surface area contributed by atoms with Gasteiger partial charge in [0.1, 0.15) is 22.6 Å². The van der Waals surface area contributed by atoms with Gasteiger partial charge < -0.3 is 14.2 Å². The molecule has 0 aliphatic carbocycles. The Balaban J connectivity index is 1.52. The molecule has 3 aliphatic rings. The molecular formula is C30H18BN7. The topological polar surface area (TPSA) is 71.3 Å². The molecule has 1 N–H and O–H groups in total. The van der Waals surface area contributed by atoms with E-state index in [1.165, 1.54) is 0 Å². The largest absolute Gasteiger partial charge is 0.516 e. The predicted molar refractivity (Wildman–Crippen MR) is 152 cm³/mol. The van der Waals surface area contributed by atoms with Crippen molar-refractivity contribution in [1.29, 1.82) is 0 Å². The summed E-state index contributed by atoms with van der Waals surface area (Å²) in [7, 11) is -0.348. The lowest BCUT2D eigenvalue weighted by Crippen LogP contribution is -2.53. The molecule has 8 heteroatoms. The number of para-hydroxylation sites is 1. The van der Waals surface area contributed by atoms with Crippen LogP contribution in [0.3, 0.4) is 0 Å². The van der Waals surface area contributed by atoms with Gasteiger partial charge in [-0.15, -0.1) is 0 Å². The van der Waals surface area contributed by atoms with Crippen molar-refractivity contribution in [2.45, 2.75) is 0 Å². The highest BCUT2D eigenvalue weighted by molar-refractivity contribution is 6.61. The first-order valence-electron chi connectivity index (χ1n) is 12.6. The van der Waals surface area contributed by atoms with Crippen LogP contribution < -0.4 is 16.2 Å². The van der Waals surface area contributed by atoms with Crippen LogP contribution in [-0.2, 0) is 0 Å². The molecule has 0 unspecified atom stereocenters. The SMILES string of the molecule is c1ccc(NB2n3c4c5ccccc5c3N=c3c5ccccc5c(n32)=NC2=NC(=N4)c3ccccc32)cc1.